The standard InChI is InChI=1S/C21H20FN3O2/c1-13(15-4-8-17(22)9-5-15)25-21(26)19-12-23-20(24-14(19)2)16-6-10-18(27-3)11-7-16/h4-13H,1-3H3,(H,25,26)/t13-/m0/s1. The number of nitrogens with one attached hydrogen (secondary N) is 1. The molecule has 0 saturated heterocycles. The van der Waals surface area contributed by atoms with Crippen LogP contribution in [0.1, 0.15) is 34.6 Å². The molecule has 0 aliphatic carbocycles. The Morgan fingerprint density at radius 1 is 1.11 bits per heavy atom. The van der Waals surface area contributed by atoms with Crippen LogP contribution < -0.4 is 10.1 Å². The number of halogens is 1. The van der Waals surface area contributed by atoms with Gasteiger partial charge in [-0.1, -0.05) is 12.1 Å². The molecule has 3 aromatic rings. The Morgan fingerprint density at radius 3 is 2.37 bits per heavy atom. The van der Waals surface area contributed by atoms with E-state index in [1.807, 2.05) is 31.2 Å². The van der Waals surface area contributed by atoms with Crippen molar-refractivity contribution in [2.45, 2.75) is 19.9 Å². The maximum atomic E-state index is 13.0. The van der Waals surface area contributed by atoms with Crippen molar-refractivity contribution in [1.29, 1.82) is 0 Å². The van der Waals surface area contributed by atoms with E-state index in [1.165, 1.54) is 18.3 Å². The van der Waals surface area contributed by atoms with Gasteiger partial charge in [0.25, 0.3) is 5.91 Å². The summed E-state index contributed by atoms with van der Waals surface area (Å²) in [6, 6.07) is 13.2. The number of rotatable bonds is 5. The van der Waals surface area contributed by atoms with E-state index in [1.54, 1.807) is 26.2 Å². The number of methoxy groups -OCH3 is 1. The van der Waals surface area contributed by atoms with Crippen molar-refractivity contribution in [1.82, 2.24) is 15.3 Å². The van der Waals surface area contributed by atoms with Gasteiger partial charge in [0.2, 0.25) is 0 Å². The largest absolute Gasteiger partial charge is 0.497 e. The number of hydrogen-bond donors (Lipinski definition) is 1. The SMILES string of the molecule is COc1ccc(-c2ncc(C(=O)N[C@@H](C)c3ccc(F)cc3)c(C)n2)cc1. The Bertz CT molecular complexity index is 941. The molecule has 0 bridgehead atoms. The lowest BCUT2D eigenvalue weighted by molar-refractivity contribution is 0.0938. The third-order valence-electron chi connectivity index (χ3n) is 4.29. The monoisotopic (exact) mass is 365 g/mol. The molecule has 0 spiro atoms. The lowest BCUT2D eigenvalue weighted by Gasteiger charge is -2.15. The summed E-state index contributed by atoms with van der Waals surface area (Å²) in [6.45, 7) is 3.61. The predicted molar refractivity (Wildman–Crippen MR) is 101 cm³/mol. The molecule has 1 aromatic heterocycles. The molecule has 0 unspecified atom stereocenters. The van der Waals surface area contributed by atoms with E-state index in [0.29, 0.717) is 17.1 Å². The van der Waals surface area contributed by atoms with Crippen LogP contribution in [-0.2, 0) is 0 Å². The minimum atomic E-state index is -0.310. The Kier molecular flexibility index (Phi) is 5.45. The summed E-state index contributed by atoms with van der Waals surface area (Å²) < 4.78 is 18.2. The first-order chi connectivity index (χ1) is 13.0. The van der Waals surface area contributed by atoms with Gasteiger partial charge in [0.1, 0.15) is 11.6 Å². The van der Waals surface area contributed by atoms with Crippen LogP contribution in [0, 0.1) is 12.7 Å². The summed E-state index contributed by atoms with van der Waals surface area (Å²) in [4.78, 5) is 21.3. The van der Waals surface area contributed by atoms with Gasteiger partial charge >= 0.3 is 0 Å². The average Bonchev–Trinajstić information content (AvgIpc) is 2.68. The number of hydrogen-bond acceptors (Lipinski definition) is 4. The second-order valence-corrected chi connectivity index (χ2v) is 6.17. The van der Waals surface area contributed by atoms with Crippen molar-refractivity contribution in [3.8, 4) is 17.1 Å². The molecule has 2 aromatic carbocycles. The summed E-state index contributed by atoms with van der Waals surface area (Å²) in [5.74, 6) is 0.709. The van der Waals surface area contributed by atoms with Crippen LogP contribution in [0.15, 0.2) is 54.7 Å². The maximum Gasteiger partial charge on any atom is 0.255 e. The van der Waals surface area contributed by atoms with Gasteiger partial charge in [-0.15, -0.1) is 0 Å². The van der Waals surface area contributed by atoms with E-state index >= 15 is 0 Å². The van der Waals surface area contributed by atoms with E-state index in [4.69, 9.17) is 4.74 Å². The Labute approximate surface area is 157 Å². The molecule has 3 rings (SSSR count). The van der Waals surface area contributed by atoms with Gasteiger partial charge in [0.05, 0.1) is 24.4 Å². The Morgan fingerprint density at radius 2 is 1.78 bits per heavy atom. The highest BCUT2D eigenvalue weighted by Crippen LogP contribution is 2.20. The highest BCUT2D eigenvalue weighted by molar-refractivity contribution is 5.95. The smallest absolute Gasteiger partial charge is 0.255 e. The third-order valence-corrected chi connectivity index (χ3v) is 4.29. The quantitative estimate of drug-likeness (QED) is 0.740. The summed E-state index contributed by atoms with van der Waals surface area (Å²) in [6.07, 6.45) is 1.52. The molecule has 1 N–H and O–H groups in total. The Hall–Kier alpha value is -3.28. The number of aromatic nitrogens is 2. The molecule has 1 atom stereocenters. The molecule has 138 valence electrons. The minimum absolute atomic E-state index is 0.265. The fourth-order valence-corrected chi connectivity index (χ4v) is 2.68. The lowest BCUT2D eigenvalue weighted by Crippen LogP contribution is -2.27. The first-order valence-corrected chi connectivity index (χ1v) is 8.52. The van der Waals surface area contributed by atoms with Gasteiger partial charge in [-0.25, -0.2) is 14.4 Å². The topological polar surface area (TPSA) is 64.1 Å². The highest BCUT2D eigenvalue weighted by Gasteiger charge is 2.16. The van der Waals surface area contributed by atoms with Gasteiger partial charge in [-0.2, -0.15) is 0 Å². The molecular weight excluding hydrogens is 345 g/mol. The molecule has 1 amide bonds. The van der Waals surface area contributed by atoms with Crippen LogP contribution in [0.5, 0.6) is 5.75 Å². The number of ether oxygens (including phenoxy) is 1. The second-order valence-electron chi connectivity index (χ2n) is 6.17. The number of carbonyl (C=O) groups is 1. The Balaban J connectivity index is 1.76. The van der Waals surface area contributed by atoms with Crippen molar-refractivity contribution >= 4 is 5.91 Å². The van der Waals surface area contributed by atoms with Crippen LogP contribution in [-0.4, -0.2) is 23.0 Å². The van der Waals surface area contributed by atoms with Gasteiger partial charge in [-0.05, 0) is 55.8 Å². The lowest BCUT2D eigenvalue weighted by atomic mass is 10.1. The van der Waals surface area contributed by atoms with E-state index in [2.05, 4.69) is 15.3 Å². The summed E-state index contributed by atoms with van der Waals surface area (Å²) >= 11 is 0. The summed E-state index contributed by atoms with van der Waals surface area (Å²) in [5, 5.41) is 2.89. The predicted octanol–water partition coefficient (Wildman–Crippen LogP) is 4.09. The molecule has 0 aliphatic heterocycles. The molecule has 0 radical (unpaired) electrons. The molecule has 5 nitrogen and oxygen atoms in total. The van der Waals surface area contributed by atoms with Crippen molar-refractivity contribution in [3.63, 3.8) is 0 Å². The van der Waals surface area contributed by atoms with Crippen LogP contribution in [0.3, 0.4) is 0 Å². The van der Waals surface area contributed by atoms with Gasteiger partial charge in [0, 0.05) is 11.8 Å². The molecule has 6 heteroatoms. The fourth-order valence-electron chi connectivity index (χ4n) is 2.68. The number of amides is 1. The van der Waals surface area contributed by atoms with Crippen LogP contribution >= 0.6 is 0 Å². The molecule has 0 fully saturated rings. The zero-order valence-electron chi connectivity index (χ0n) is 15.4. The van der Waals surface area contributed by atoms with Gasteiger partial charge in [-0.3, -0.25) is 4.79 Å². The number of aryl methyl sites for hydroxylation is 1. The van der Waals surface area contributed by atoms with Crippen LogP contribution in [0.2, 0.25) is 0 Å². The van der Waals surface area contributed by atoms with Crippen molar-refractivity contribution < 1.29 is 13.9 Å². The second kappa shape index (κ2) is 7.95. The third kappa shape index (κ3) is 4.28. The normalized spacial score (nSPS) is 11.7. The highest BCUT2D eigenvalue weighted by atomic mass is 19.1. The summed E-state index contributed by atoms with van der Waals surface area (Å²) in [5.41, 5.74) is 2.64. The van der Waals surface area contributed by atoms with E-state index in [9.17, 15) is 9.18 Å². The van der Waals surface area contributed by atoms with Crippen molar-refractivity contribution in [2.75, 3.05) is 7.11 Å². The van der Waals surface area contributed by atoms with Gasteiger partial charge < -0.3 is 10.1 Å². The van der Waals surface area contributed by atoms with Gasteiger partial charge in [0.15, 0.2) is 5.82 Å². The average molecular weight is 365 g/mol. The summed E-state index contributed by atoms with van der Waals surface area (Å²) in [7, 11) is 1.61. The molecule has 0 aliphatic rings. The van der Waals surface area contributed by atoms with Crippen LogP contribution in [0.25, 0.3) is 11.4 Å². The number of carbonyl (C=O) groups excluding carboxylic acids is 1. The minimum Gasteiger partial charge on any atom is -0.497 e. The first kappa shape index (κ1) is 18.5. The molecule has 0 saturated carbocycles. The molecular formula is C21H20FN3O2. The zero-order chi connectivity index (χ0) is 19.4. The maximum absolute atomic E-state index is 13.0. The first-order valence-electron chi connectivity index (χ1n) is 8.52. The van der Waals surface area contributed by atoms with E-state index in [0.717, 1.165) is 16.9 Å². The molecule has 1 heterocycles. The van der Waals surface area contributed by atoms with Crippen molar-refractivity contribution in [2.24, 2.45) is 0 Å². The molecule has 27 heavy (non-hydrogen) atoms. The van der Waals surface area contributed by atoms with Crippen molar-refractivity contribution in [3.05, 3.63) is 77.4 Å². The van der Waals surface area contributed by atoms with E-state index in [-0.39, 0.29) is 17.8 Å². The fraction of sp³-hybridized carbons (Fsp3) is 0.190. The van der Waals surface area contributed by atoms with E-state index < -0.39 is 0 Å². The zero-order valence-corrected chi connectivity index (χ0v) is 15.4. The number of nitrogens with zero attached hydrogens (tertiary/aromatic N) is 2. The van der Waals surface area contributed by atoms with Crippen LogP contribution in [0.4, 0.5) is 4.39 Å². The number of benzene rings is 2.